The van der Waals surface area contributed by atoms with Crippen LogP contribution in [0.5, 0.6) is 11.5 Å². The van der Waals surface area contributed by atoms with Gasteiger partial charge in [0.2, 0.25) is 0 Å². The molecule has 40 heavy (non-hydrogen) atoms. The Labute approximate surface area is 236 Å². The predicted molar refractivity (Wildman–Crippen MR) is 158 cm³/mol. The first-order valence-electron chi connectivity index (χ1n) is 13.6. The number of carbonyl (C=O) groups is 1. The Morgan fingerprint density at radius 3 is 2.48 bits per heavy atom. The summed E-state index contributed by atoms with van der Waals surface area (Å²) in [7, 11) is 0. The van der Waals surface area contributed by atoms with Gasteiger partial charge in [0.05, 0.1) is 11.3 Å². The number of piperidine rings is 1. The van der Waals surface area contributed by atoms with Gasteiger partial charge in [-0.05, 0) is 55.2 Å². The maximum Gasteiger partial charge on any atom is 0.264 e. The van der Waals surface area contributed by atoms with Gasteiger partial charge in [0.25, 0.3) is 5.91 Å². The minimum absolute atomic E-state index is 0.101. The molecule has 2 heterocycles. The summed E-state index contributed by atoms with van der Waals surface area (Å²) in [6.07, 6.45) is 4.64. The number of carbonyl (C=O) groups excluding carboxylic acids is 1. The van der Waals surface area contributed by atoms with Crippen LogP contribution in [-0.2, 0) is 4.79 Å². The topological polar surface area (TPSA) is 141 Å². The van der Waals surface area contributed by atoms with Gasteiger partial charge in [-0.2, -0.15) is 5.26 Å². The Bertz CT molecular complexity index is 1360. The number of hydrogen-bond acceptors (Lipinski definition) is 8. The van der Waals surface area contributed by atoms with Crippen LogP contribution in [0.3, 0.4) is 0 Å². The summed E-state index contributed by atoms with van der Waals surface area (Å²) in [6, 6.07) is 18.6. The molecule has 0 saturated carbocycles. The second-order valence-electron chi connectivity index (χ2n) is 9.47. The third-order valence-electron chi connectivity index (χ3n) is 6.15. The van der Waals surface area contributed by atoms with E-state index in [1.165, 1.54) is 6.33 Å². The molecule has 4 rings (SSSR count). The van der Waals surface area contributed by atoms with E-state index in [1.807, 2.05) is 64.1 Å². The Morgan fingerprint density at radius 2 is 1.82 bits per heavy atom. The lowest BCUT2D eigenvalue weighted by molar-refractivity contribution is -0.127. The summed E-state index contributed by atoms with van der Waals surface area (Å²) in [4.78, 5) is 23.1. The van der Waals surface area contributed by atoms with Gasteiger partial charge in [0.1, 0.15) is 41.1 Å². The van der Waals surface area contributed by atoms with Crippen LogP contribution >= 0.6 is 0 Å². The summed E-state index contributed by atoms with van der Waals surface area (Å²) >= 11 is 0. The molecule has 1 aliphatic heterocycles. The van der Waals surface area contributed by atoms with Gasteiger partial charge in [-0.15, -0.1) is 0 Å². The van der Waals surface area contributed by atoms with Gasteiger partial charge in [0, 0.05) is 24.7 Å². The molecule has 1 aromatic heterocycles. The van der Waals surface area contributed by atoms with Gasteiger partial charge < -0.3 is 20.7 Å². The first-order valence-corrected chi connectivity index (χ1v) is 13.6. The standard InChI is InChI=1S/C29H31N7O2.C2H6/c1-19(2)15-21(16-30)29(37)36-14-6-7-22(17-36)35-28-25(27(32)33-18-34-28)26(31)20-10-12-24(13-11-20)38-23-8-4-3-5-9-23;1-2/h3-5,8-13,15,18-19,22,31H,6-7,14,17H2,1-2H3,(H3,32,33,34,35);1-2H3/b21-15+,31-26?;. The number of nitrogens with zero attached hydrogens (tertiary/aromatic N) is 4. The number of anilines is 2. The molecule has 0 spiro atoms. The number of benzene rings is 2. The number of rotatable bonds is 8. The van der Waals surface area contributed by atoms with Crippen molar-refractivity contribution in [3.05, 3.63) is 83.7 Å². The molecule has 1 amide bonds. The third-order valence-corrected chi connectivity index (χ3v) is 6.15. The monoisotopic (exact) mass is 539 g/mol. The van der Waals surface area contributed by atoms with Crippen molar-refractivity contribution in [3.8, 4) is 17.6 Å². The number of para-hydroxylation sites is 1. The van der Waals surface area contributed by atoms with Gasteiger partial charge in [-0.1, -0.05) is 52.0 Å². The highest BCUT2D eigenvalue weighted by atomic mass is 16.5. The third kappa shape index (κ3) is 7.67. The second kappa shape index (κ2) is 14.4. The van der Waals surface area contributed by atoms with Crippen molar-refractivity contribution in [2.75, 3.05) is 24.1 Å². The maximum absolute atomic E-state index is 12.9. The van der Waals surface area contributed by atoms with E-state index in [-0.39, 0.29) is 35.0 Å². The summed E-state index contributed by atoms with van der Waals surface area (Å²) < 4.78 is 5.85. The zero-order valence-electron chi connectivity index (χ0n) is 23.5. The number of nitrogen functional groups attached to an aromatic ring is 1. The molecule has 1 fully saturated rings. The summed E-state index contributed by atoms with van der Waals surface area (Å²) in [6.45, 7) is 8.87. The van der Waals surface area contributed by atoms with Gasteiger partial charge in [-0.3, -0.25) is 10.2 Å². The Morgan fingerprint density at radius 1 is 1.15 bits per heavy atom. The number of amides is 1. The van der Waals surface area contributed by atoms with Crippen molar-refractivity contribution in [2.24, 2.45) is 5.92 Å². The lowest BCUT2D eigenvalue weighted by Crippen LogP contribution is -2.45. The molecule has 4 N–H and O–H groups in total. The van der Waals surface area contributed by atoms with Crippen molar-refractivity contribution in [2.45, 2.75) is 46.6 Å². The van der Waals surface area contributed by atoms with Gasteiger partial charge >= 0.3 is 0 Å². The average Bonchev–Trinajstić information content (AvgIpc) is 2.97. The molecule has 1 unspecified atom stereocenters. The molecule has 1 aliphatic rings. The first kappa shape index (κ1) is 29.8. The van der Waals surface area contributed by atoms with E-state index >= 15 is 0 Å². The quantitative estimate of drug-likeness (QED) is 0.186. The van der Waals surface area contributed by atoms with Crippen molar-refractivity contribution in [1.82, 2.24) is 14.9 Å². The van der Waals surface area contributed by atoms with Crippen molar-refractivity contribution < 1.29 is 9.53 Å². The molecule has 208 valence electrons. The van der Waals surface area contributed by atoms with Crippen molar-refractivity contribution in [3.63, 3.8) is 0 Å². The van der Waals surface area contributed by atoms with Crippen molar-refractivity contribution >= 4 is 23.3 Å². The molecule has 3 aromatic rings. The van der Waals surface area contributed by atoms with E-state index in [1.54, 1.807) is 35.2 Å². The van der Waals surface area contributed by atoms with Crippen LogP contribution in [0.25, 0.3) is 0 Å². The van der Waals surface area contributed by atoms with Crippen molar-refractivity contribution in [1.29, 1.82) is 10.7 Å². The fourth-order valence-corrected chi connectivity index (χ4v) is 4.35. The average molecular weight is 540 g/mol. The fraction of sp³-hybridized carbons (Fsp3) is 0.323. The Hall–Kier alpha value is -4.71. The molecule has 1 atom stereocenters. The first-order chi connectivity index (χ1) is 19.4. The van der Waals surface area contributed by atoms with E-state index in [9.17, 15) is 10.1 Å². The number of nitriles is 1. The van der Waals surface area contributed by atoms with Crippen LogP contribution in [0.1, 0.15) is 51.7 Å². The number of ether oxygens (including phenoxy) is 1. The highest BCUT2D eigenvalue weighted by molar-refractivity contribution is 6.16. The Balaban J connectivity index is 0.00000216. The van der Waals surface area contributed by atoms with Crippen LogP contribution in [0.2, 0.25) is 0 Å². The van der Waals surface area contributed by atoms with E-state index in [2.05, 4.69) is 15.3 Å². The van der Waals surface area contributed by atoms with Gasteiger partial charge in [0.15, 0.2) is 0 Å². The molecular formula is C31H37N7O2. The highest BCUT2D eigenvalue weighted by Crippen LogP contribution is 2.27. The summed E-state index contributed by atoms with van der Waals surface area (Å²) in [5, 5.41) is 21.7. The number of likely N-dealkylation sites (tertiary alicyclic amines) is 1. The molecule has 0 aliphatic carbocycles. The lowest BCUT2D eigenvalue weighted by atomic mass is 10.0. The van der Waals surface area contributed by atoms with Crippen LogP contribution in [-0.4, -0.2) is 45.6 Å². The van der Waals surface area contributed by atoms with Crippen LogP contribution < -0.4 is 15.8 Å². The number of nitrogens with two attached hydrogens (primary N) is 1. The van der Waals surface area contributed by atoms with Crippen LogP contribution in [0.15, 0.2) is 72.6 Å². The van der Waals surface area contributed by atoms with E-state index in [0.717, 1.165) is 18.6 Å². The SMILES string of the molecule is CC.CC(C)/C=C(\C#N)C(=O)N1CCCC(Nc2ncnc(N)c2C(=N)c2ccc(Oc3ccccc3)cc2)C1. The minimum Gasteiger partial charge on any atom is -0.457 e. The smallest absolute Gasteiger partial charge is 0.264 e. The molecule has 9 nitrogen and oxygen atoms in total. The molecule has 2 aromatic carbocycles. The number of hydrogen-bond donors (Lipinski definition) is 3. The number of aromatic nitrogens is 2. The zero-order chi connectivity index (χ0) is 29.1. The molecule has 1 saturated heterocycles. The van der Waals surface area contributed by atoms with Crippen LogP contribution in [0, 0.1) is 22.7 Å². The molecule has 0 radical (unpaired) electrons. The lowest BCUT2D eigenvalue weighted by Gasteiger charge is -2.33. The normalized spacial score (nSPS) is 14.9. The second-order valence-corrected chi connectivity index (χ2v) is 9.47. The molecule has 9 heteroatoms. The Kier molecular flexibility index (Phi) is 10.8. The van der Waals surface area contributed by atoms with Gasteiger partial charge in [-0.25, -0.2) is 9.97 Å². The van der Waals surface area contributed by atoms with Crippen LogP contribution in [0.4, 0.5) is 11.6 Å². The van der Waals surface area contributed by atoms with E-state index in [4.69, 9.17) is 15.9 Å². The fourth-order valence-electron chi connectivity index (χ4n) is 4.35. The molecular weight excluding hydrogens is 502 g/mol. The largest absolute Gasteiger partial charge is 0.457 e. The maximum atomic E-state index is 12.9. The summed E-state index contributed by atoms with van der Waals surface area (Å²) in [5.41, 5.74) is 7.57. The van der Waals surface area contributed by atoms with E-state index < -0.39 is 0 Å². The number of allylic oxidation sites excluding steroid dienone is 1. The highest BCUT2D eigenvalue weighted by Gasteiger charge is 2.27. The minimum atomic E-state index is -0.263. The molecule has 0 bridgehead atoms. The number of nitrogens with one attached hydrogen (secondary N) is 2. The predicted octanol–water partition coefficient (Wildman–Crippen LogP) is 5.80. The zero-order valence-corrected chi connectivity index (χ0v) is 23.5. The summed E-state index contributed by atoms with van der Waals surface area (Å²) in [5.74, 6) is 1.84. The van der Waals surface area contributed by atoms with E-state index in [0.29, 0.717) is 35.8 Å².